The van der Waals surface area contributed by atoms with Gasteiger partial charge in [0, 0.05) is 18.4 Å². The highest BCUT2D eigenvalue weighted by Gasteiger charge is 2.25. The summed E-state index contributed by atoms with van der Waals surface area (Å²) < 4.78 is 10.5. The van der Waals surface area contributed by atoms with Gasteiger partial charge in [-0.2, -0.15) is 0 Å². The summed E-state index contributed by atoms with van der Waals surface area (Å²) in [6.07, 6.45) is -4.00. The summed E-state index contributed by atoms with van der Waals surface area (Å²) in [5.74, 6) is -3.04. The highest BCUT2D eigenvalue weighted by Crippen LogP contribution is 2.25. The van der Waals surface area contributed by atoms with E-state index in [4.69, 9.17) is 27.4 Å². The molecule has 0 radical (unpaired) electrons. The Morgan fingerprint density at radius 2 is 1.51 bits per heavy atom. The molecular formula is C24H24N4O14S. The number of ketones is 1. The van der Waals surface area contributed by atoms with E-state index < -0.39 is 58.2 Å². The lowest BCUT2D eigenvalue weighted by Crippen LogP contribution is -2.29. The molecule has 2 unspecified atom stereocenters. The van der Waals surface area contributed by atoms with Gasteiger partial charge in [-0.15, -0.1) is 30.3 Å². The smallest absolute Gasteiger partial charge is 0.347 e. The van der Waals surface area contributed by atoms with Gasteiger partial charge in [0.25, 0.3) is 15.3 Å². The molecule has 0 aliphatic heterocycles. The molecule has 2 atom stereocenters. The van der Waals surface area contributed by atoms with Crippen LogP contribution < -0.4 is 15.2 Å². The van der Waals surface area contributed by atoms with Crippen LogP contribution in [0.2, 0.25) is 0 Å². The first-order valence-corrected chi connectivity index (χ1v) is 12.5. The van der Waals surface area contributed by atoms with E-state index in [-0.39, 0.29) is 46.9 Å². The van der Waals surface area contributed by atoms with E-state index in [1.807, 2.05) is 0 Å². The maximum atomic E-state index is 13.1. The molecule has 2 aromatic rings. The minimum atomic E-state index is -1.72. The summed E-state index contributed by atoms with van der Waals surface area (Å²) in [4.78, 5) is 82.8. The number of benzene rings is 2. The molecule has 0 aliphatic carbocycles. The first-order chi connectivity index (χ1) is 20.3. The molecule has 43 heavy (non-hydrogen) atoms. The standard InChI is InChI=1S/C24H24N4O14S/c1-2-17(41-27(34)35)11-16(29)9-14-3-8-21(40-22(30)12-19(42-28(36)37)13-38-26(32)33)20(10-14)24(31)39-18-6-4-15(5-7-18)23(25)43/h3-8,10,17,19H,2,9,11-13H2,1H3,(H2,25,43). The van der Waals surface area contributed by atoms with Crippen molar-refractivity contribution in [2.75, 3.05) is 6.61 Å². The molecule has 0 saturated heterocycles. The molecule has 0 saturated carbocycles. The summed E-state index contributed by atoms with van der Waals surface area (Å²) in [5.41, 5.74) is 5.94. The number of esters is 2. The number of rotatable bonds is 18. The molecule has 2 aromatic carbocycles. The number of nitrogens with two attached hydrogens (primary N) is 1. The second-order valence-corrected chi connectivity index (χ2v) is 8.98. The fraction of sp³-hybridized carbons (Fsp3) is 0.333. The average molecular weight is 625 g/mol. The largest absolute Gasteiger partial charge is 0.426 e. The predicted molar refractivity (Wildman–Crippen MR) is 144 cm³/mol. The summed E-state index contributed by atoms with van der Waals surface area (Å²) in [6, 6.07) is 9.41. The van der Waals surface area contributed by atoms with Gasteiger partial charge in [0.1, 0.15) is 46.6 Å². The van der Waals surface area contributed by atoms with Gasteiger partial charge in [-0.25, -0.2) is 4.79 Å². The zero-order valence-corrected chi connectivity index (χ0v) is 23.1. The molecule has 0 aromatic heterocycles. The monoisotopic (exact) mass is 624 g/mol. The van der Waals surface area contributed by atoms with E-state index in [1.165, 1.54) is 36.4 Å². The lowest BCUT2D eigenvalue weighted by molar-refractivity contribution is -0.789. The van der Waals surface area contributed by atoms with Crippen molar-refractivity contribution in [3.05, 3.63) is 89.5 Å². The number of carbonyl (C=O) groups excluding carboxylic acids is 3. The van der Waals surface area contributed by atoms with Crippen LogP contribution in [0.4, 0.5) is 0 Å². The van der Waals surface area contributed by atoms with Crippen molar-refractivity contribution >= 4 is 34.9 Å². The number of carbonyl (C=O) groups is 3. The maximum absolute atomic E-state index is 13.1. The molecule has 0 spiro atoms. The van der Waals surface area contributed by atoms with Crippen molar-refractivity contribution in [1.82, 2.24) is 0 Å². The number of Topliss-reactive ketones (excluding diaryl/α,β-unsaturated/α-hetero) is 1. The third-order valence-electron chi connectivity index (χ3n) is 5.38. The quantitative estimate of drug-likeness (QED) is 0.0819. The van der Waals surface area contributed by atoms with Crippen molar-refractivity contribution < 1.29 is 53.6 Å². The molecule has 18 nitrogen and oxygen atoms in total. The van der Waals surface area contributed by atoms with Crippen LogP contribution in [0.25, 0.3) is 0 Å². The SMILES string of the molecule is CCC(CC(=O)Cc1ccc(OC(=O)CC(CO[N+](=O)[O-])O[N+](=O)[O-])c(C(=O)Oc2ccc(C(N)=S)cc2)c1)O[N+](=O)[O-]. The third kappa shape index (κ3) is 11.9. The lowest BCUT2D eigenvalue weighted by Gasteiger charge is -2.15. The maximum Gasteiger partial charge on any atom is 0.347 e. The molecule has 19 heteroatoms. The van der Waals surface area contributed by atoms with Gasteiger partial charge < -0.3 is 29.7 Å². The average Bonchev–Trinajstić information content (AvgIpc) is 2.91. The lowest BCUT2D eigenvalue weighted by atomic mass is 10.0. The Labute approximate surface area is 246 Å². The molecule has 0 heterocycles. The highest BCUT2D eigenvalue weighted by molar-refractivity contribution is 7.80. The van der Waals surface area contributed by atoms with E-state index in [2.05, 4.69) is 14.5 Å². The second-order valence-electron chi connectivity index (χ2n) is 8.54. The van der Waals surface area contributed by atoms with Crippen molar-refractivity contribution in [2.45, 2.75) is 44.8 Å². The first-order valence-electron chi connectivity index (χ1n) is 12.1. The van der Waals surface area contributed by atoms with Gasteiger partial charge in [-0.1, -0.05) is 25.2 Å². The Morgan fingerprint density at radius 3 is 2.07 bits per heavy atom. The van der Waals surface area contributed by atoms with Crippen LogP contribution in [0.1, 0.15) is 47.7 Å². The molecule has 0 bridgehead atoms. The van der Waals surface area contributed by atoms with Crippen molar-refractivity contribution in [3.8, 4) is 11.5 Å². The predicted octanol–water partition coefficient (Wildman–Crippen LogP) is 2.11. The Bertz CT molecular complexity index is 1380. The van der Waals surface area contributed by atoms with E-state index in [0.29, 0.717) is 5.56 Å². The van der Waals surface area contributed by atoms with Gasteiger partial charge in [0.15, 0.2) is 0 Å². The van der Waals surface area contributed by atoms with Gasteiger partial charge in [0.05, 0.1) is 6.42 Å². The molecule has 0 aliphatic rings. The van der Waals surface area contributed by atoms with E-state index in [9.17, 15) is 44.7 Å². The Hall–Kier alpha value is -5.46. The van der Waals surface area contributed by atoms with Crippen LogP contribution in [0.3, 0.4) is 0 Å². The molecular weight excluding hydrogens is 600 g/mol. The van der Waals surface area contributed by atoms with Crippen LogP contribution in [0, 0.1) is 30.3 Å². The summed E-state index contributed by atoms with van der Waals surface area (Å²) in [6.45, 7) is 0.622. The van der Waals surface area contributed by atoms with Crippen LogP contribution in [0.15, 0.2) is 42.5 Å². The summed E-state index contributed by atoms with van der Waals surface area (Å²) in [7, 11) is 0. The Kier molecular flexibility index (Phi) is 12.6. The third-order valence-corrected chi connectivity index (χ3v) is 5.62. The summed E-state index contributed by atoms with van der Waals surface area (Å²) >= 11 is 4.88. The van der Waals surface area contributed by atoms with Crippen molar-refractivity contribution in [3.63, 3.8) is 0 Å². The molecule has 0 fully saturated rings. The van der Waals surface area contributed by atoms with E-state index in [1.54, 1.807) is 6.92 Å². The minimum absolute atomic E-state index is 0.0443. The van der Waals surface area contributed by atoms with Crippen LogP contribution in [-0.2, 0) is 30.5 Å². The zero-order chi connectivity index (χ0) is 32.1. The van der Waals surface area contributed by atoms with Crippen molar-refractivity contribution in [2.24, 2.45) is 5.73 Å². The van der Waals surface area contributed by atoms with Crippen molar-refractivity contribution in [1.29, 1.82) is 0 Å². The fourth-order valence-corrected chi connectivity index (χ4v) is 3.60. The van der Waals surface area contributed by atoms with Gasteiger partial charge in [-0.05, 0) is 48.4 Å². The zero-order valence-electron chi connectivity index (χ0n) is 22.3. The first kappa shape index (κ1) is 33.7. The summed E-state index contributed by atoms with van der Waals surface area (Å²) in [5, 5.41) is 28.2. The van der Waals surface area contributed by atoms with Gasteiger partial charge >= 0.3 is 11.9 Å². The van der Waals surface area contributed by atoms with E-state index >= 15 is 0 Å². The van der Waals surface area contributed by atoms with Crippen LogP contribution in [0.5, 0.6) is 11.5 Å². The molecule has 230 valence electrons. The molecule has 0 amide bonds. The molecule has 2 N–H and O–H groups in total. The number of ether oxygens (including phenoxy) is 2. The Morgan fingerprint density at radius 1 is 0.884 bits per heavy atom. The number of nitrogens with zero attached hydrogens (tertiary/aromatic N) is 3. The van der Waals surface area contributed by atoms with E-state index in [0.717, 1.165) is 6.07 Å². The van der Waals surface area contributed by atoms with Gasteiger partial charge in [-0.3, -0.25) is 9.59 Å². The number of hydrogen-bond acceptors (Lipinski definition) is 15. The Balaban J connectivity index is 2.31. The van der Waals surface area contributed by atoms with Gasteiger partial charge in [0.2, 0.25) is 0 Å². The molecule has 2 rings (SSSR count). The minimum Gasteiger partial charge on any atom is -0.426 e. The van der Waals surface area contributed by atoms with Crippen LogP contribution >= 0.6 is 12.2 Å². The second kappa shape index (κ2) is 16.1. The normalized spacial score (nSPS) is 11.7. The number of thiocarbonyl (C=S) groups is 1. The van der Waals surface area contributed by atoms with Crippen LogP contribution in [-0.4, -0.2) is 56.8 Å². The number of hydrogen-bond donors (Lipinski definition) is 1. The fourth-order valence-electron chi connectivity index (χ4n) is 3.46. The topological polar surface area (TPSA) is 253 Å². The highest BCUT2D eigenvalue weighted by atomic mass is 32.1.